The highest BCUT2D eigenvalue weighted by Crippen LogP contribution is 2.13. The SMILES string of the molecule is CCCCCCCCCCCCCCCCCC(=O)NC(C)CN. The lowest BCUT2D eigenvalue weighted by atomic mass is 10.0. The Labute approximate surface area is 151 Å². The monoisotopic (exact) mass is 340 g/mol. The van der Waals surface area contributed by atoms with E-state index in [-0.39, 0.29) is 11.9 Å². The average Bonchev–Trinajstić information content (AvgIpc) is 2.58. The fourth-order valence-corrected chi connectivity index (χ4v) is 3.06. The van der Waals surface area contributed by atoms with Crippen LogP contribution in [0.2, 0.25) is 0 Å². The molecule has 0 saturated carbocycles. The van der Waals surface area contributed by atoms with E-state index in [0.29, 0.717) is 13.0 Å². The first-order chi connectivity index (χ1) is 11.7. The van der Waals surface area contributed by atoms with Crippen LogP contribution in [-0.2, 0) is 4.79 Å². The molecule has 0 aromatic heterocycles. The van der Waals surface area contributed by atoms with Crippen molar-refractivity contribution in [1.29, 1.82) is 0 Å². The van der Waals surface area contributed by atoms with Crippen LogP contribution in [-0.4, -0.2) is 18.5 Å². The largest absolute Gasteiger partial charge is 0.352 e. The summed E-state index contributed by atoms with van der Waals surface area (Å²) in [4.78, 5) is 11.6. The molecule has 3 nitrogen and oxygen atoms in total. The number of carbonyl (C=O) groups excluding carboxylic acids is 1. The van der Waals surface area contributed by atoms with Crippen LogP contribution >= 0.6 is 0 Å². The Morgan fingerprint density at radius 2 is 1.12 bits per heavy atom. The Bertz CT molecular complexity index is 269. The van der Waals surface area contributed by atoms with Gasteiger partial charge in [-0.15, -0.1) is 0 Å². The van der Waals surface area contributed by atoms with E-state index < -0.39 is 0 Å². The first-order valence-corrected chi connectivity index (χ1v) is 10.7. The molecule has 0 aliphatic carbocycles. The fraction of sp³-hybridized carbons (Fsp3) is 0.952. The van der Waals surface area contributed by atoms with Gasteiger partial charge in [0.2, 0.25) is 5.91 Å². The van der Waals surface area contributed by atoms with Crippen LogP contribution in [0.4, 0.5) is 0 Å². The first-order valence-electron chi connectivity index (χ1n) is 10.7. The molecule has 0 bridgehead atoms. The second-order valence-corrected chi connectivity index (χ2v) is 7.40. The summed E-state index contributed by atoms with van der Waals surface area (Å²) in [5, 5.41) is 2.92. The highest BCUT2D eigenvalue weighted by Gasteiger charge is 2.04. The highest BCUT2D eigenvalue weighted by atomic mass is 16.1. The zero-order valence-electron chi connectivity index (χ0n) is 16.6. The summed E-state index contributed by atoms with van der Waals surface area (Å²) in [5.74, 6) is 0.155. The molecule has 0 radical (unpaired) electrons. The minimum atomic E-state index is 0.105. The van der Waals surface area contributed by atoms with E-state index in [0.717, 1.165) is 6.42 Å². The molecule has 0 aromatic carbocycles. The maximum Gasteiger partial charge on any atom is 0.220 e. The molecular formula is C21H44N2O. The van der Waals surface area contributed by atoms with E-state index >= 15 is 0 Å². The van der Waals surface area contributed by atoms with Gasteiger partial charge in [-0.25, -0.2) is 0 Å². The minimum absolute atomic E-state index is 0.105. The van der Waals surface area contributed by atoms with Gasteiger partial charge in [-0.3, -0.25) is 4.79 Å². The molecule has 1 unspecified atom stereocenters. The second kappa shape index (κ2) is 18.8. The molecule has 0 saturated heterocycles. The van der Waals surface area contributed by atoms with Gasteiger partial charge in [0.1, 0.15) is 0 Å². The maximum atomic E-state index is 11.6. The first kappa shape index (κ1) is 23.4. The van der Waals surface area contributed by atoms with Gasteiger partial charge in [0.15, 0.2) is 0 Å². The molecule has 0 rings (SSSR count). The van der Waals surface area contributed by atoms with E-state index in [1.165, 1.54) is 89.9 Å². The van der Waals surface area contributed by atoms with Gasteiger partial charge in [-0.2, -0.15) is 0 Å². The van der Waals surface area contributed by atoms with Gasteiger partial charge >= 0.3 is 0 Å². The number of rotatable bonds is 18. The molecule has 0 fully saturated rings. The summed E-state index contributed by atoms with van der Waals surface area (Å²) in [6, 6.07) is 0.105. The lowest BCUT2D eigenvalue weighted by Gasteiger charge is -2.10. The smallest absolute Gasteiger partial charge is 0.220 e. The summed E-state index contributed by atoms with van der Waals surface area (Å²) >= 11 is 0. The van der Waals surface area contributed by atoms with Crippen LogP contribution < -0.4 is 11.1 Å². The normalized spacial score (nSPS) is 12.3. The van der Waals surface area contributed by atoms with Gasteiger partial charge in [0.05, 0.1) is 0 Å². The number of unbranched alkanes of at least 4 members (excludes halogenated alkanes) is 14. The third kappa shape index (κ3) is 17.8. The van der Waals surface area contributed by atoms with E-state index in [2.05, 4.69) is 12.2 Å². The van der Waals surface area contributed by atoms with Crippen molar-refractivity contribution in [3.05, 3.63) is 0 Å². The predicted octanol–water partition coefficient (Wildman–Crippen LogP) is 5.71. The number of amides is 1. The molecule has 144 valence electrons. The molecule has 3 heteroatoms. The minimum Gasteiger partial charge on any atom is -0.352 e. The molecule has 1 atom stereocenters. The van der Waals surface area contributed by atoms with Crippen LogP contribution in [0.15, 0.2) is 0 Å². The summed E-state index contributed by atoms with van der Waals surface area (Å²) in [6.07, 6.45) is 21.0. The van der Waals surface area contributed by atoms with Crippen LogP contribution in [0.5, 0.6) is 0 Å². The van der Waals surface area contributed by atoms with Gasteiger partial charge in [-0.1, -0.05) is 96.8 Å². The fourth-order valence-electron chi connectivity index (χ4n) is 3.06. The number of nitrogens with two attached hydrogens (primary N) is 1. The van der Waals surface area contributed by atoms with Crippen LogP contribution in [0.25, 0.3) is 0 Å². The molecular weight excluding hydrogens is 296 g/mol. The molecule has 0 aromatic rings. The van der Waals surface area contributed by atoms with Crippen molar-refractivity contribution in [2.75, 3.05) is 6.54 Å². The maximum absolute atomic E-state index is 11.6. The van der Waals surface area contributed by atoms with Crippen molar-refractivity contribution in [2.45, 2.75) is 123 Å². The van der Waals surface area contributed by atoms with Crippen molar-refractivity contribution in [3.8, 4) is 0 Å². The summed E-state index contributed by atoms with van der Waals surface area (Å²) in [6.45, 7) is 4.75. The third-order valence-electron chi connectivity index (χ3n) is 4.77. The molecule has 0 aliphatic heterocycles. The lowest BCUT2D eigenvalue weighted by molar-refractivity contribution is -0.121. The molecule has 0 aliphatic rings. The Kier molecular flexibility index (Phi) is 18.3. The number of hydrogen-bond donors (Lipinski definition) is 2. The molecule has 0 spiro atoms. The molecule has 24 heavy (non-hydrogen) atoms. The zero-order valence-corrected chi connectivity index (χ0v) is 16.6. The Balaban J connectivity index is 3.11. The number of nitrogens with one attached hydrogen (secondary N) is 1. The van der Waals surface area contributed by atoms with Gasteiger partial charge in [0.25, 0.3) is 0 Å². The lowest BCUT2D eigenvalue weighted by Crippen LogP contribution is -2.37. The van der Waals surface area contributed by atoms with E-state index in [1.54, 1.807) is 0 Å². The summed E-state index contributed by atoms with van der Waals surface area (Å²) < 4.78 is 0. The van der Waals surface area contributed by atoms with Crippen molar-refractivity contribution in [2.24, 2.45) is 5.73 Å². The van der Waals surface area contributed by atoms with Crippen LogP contribution in [0.1, 0.15) is 117 Å². The molecule has 1 amide bonds. The van der Waals surface area contributed by atoms with Crippen molar-refractivity contribution < 1.29 is 4.79 Å². The van der Waals surface area contributed by atoms with Gasteiger partial charge in [0, 0.05) is 19.0 Å². The zero-order chi connectivity index (χ0) is 17.9. The molecule has 0 heterocycles. The van der Waals surface area contributed by atoms with Crippen LogP contribution in [0.3, 0.4) is 0 Å². The number of carbonyl (C=O) groups is 1. The quantitative estimate of drug-likeness (QED) is 0.314. The van der Waals surface area contributed by atoms with E-state index in [1.807, 2.05) is 6.92 Å². The predicted molar refractivity (Wildman–Crippen MR) is 106 cm³/mol. The highest BCUT2D eigenvalue weighted by molar-refractivity contribution is 5.76. The Hall–Kier alpha value is -0.570. The molecule has 3 N–H and O–H groups in total. The number of hydrogen-bond acceptors (Lipinski definition) is 2. The van der Waals surface area contributed by atoms with Crippen molar-refractivity contribution >= 4 is 5.91 Å². The second-order valence-electron chi connectivity index (χ2n) is 7.40. The third-order valence-corrected chi connectivity index (χ3v) is 4.77. The summed E-state index contributed by atoms with van der Waals surface area (Å²) in [7, 11) is 0. The van der Waals surface area contributed by atoms with Crippen molar-refractivity contribution in [1.82, 2.24) is 5.32 Å². The Morgan fingerprint density at radius 1 is 0.750 bits per heavy atom. The van der Waals surface area contributed by atoms with Crippen LogP contribution in [0, 0.1) is 0 Å². The standard InChI is InChI=1S/C21H44N2O/c1-3-4-5-6-7-8-9-10-11-12-13-14-15-16-17-18-21(24)23-20(2)19-22/h20H,3-19,22H2,1-2H3,(H,23,24). The Morgan fingerprint density at radius 3 is 1.50 bits per heavy atom. The van der Waals surface area contributed by atoms with E-state index in [9.17, 15) is 4.79 Å². The topological polar surface area (TPSA) is 55.1 Å². The summed E-state index contributed by atoms with van der Waals surface area (Å²) in [5.41, 5.74) is 5.49. The van der Waals surface area contributed by atoms with Gasteiger partial charge < -0.3 is 11.1 Å². The van der Waals surface area contributed by atoms with E-state index in [4.69, 9.17) is 5.73 Å². The van der Waals surface area contributed by atoms with Gasteiger partial charge in [-0.05, 0) is 13.3 Å². The average molecular weight is 341 g/mol. The van der Waals surface area contributed by atoms with Crippen molar-refractivity contribution in [3.63, 3.8) is 0 Å².